The van der Waals surface area contributed by atoms with Gasteiger partial charge in [-0.1, -0.05) is 6.08 Å². The molecule has 0 saturated carbocycles. The average molecular weight is 225 g/mol. The van der Waals surface area contributed by atoms with Gasteiger partial charge in [0.05, 0.1) is 12.6 Å². The van der Waals surface area contributed by atoms with Crippen molar-refractivity contribution in [1.29, 1.82) is 0 Å². The molecule has 82 valence electrons. The maximum Gasteiger partial charge on any atom is 0.237 e. The molecule has 15 heavy (non-hydrogen) atoms. The lowest BCUT2D eigenvalue weighted by Crippen LogP contribution is -2.39. The Balaban J connectivity index is 2.37. The molecule has 0 spiro atoms. The van der Waals surface area contributed by atoms with Crippen LogP contribution < -0.4 is 11.1 Å². The minimum atomic E-state index is -0.511. The zero-order valence-electron chi connectivity index (χ0n) is 8.69. The molecule has 0 aliphatic carbocycles. The van der Waals surface area contributed by atoms with Gasteiger partial charge in [0.1, 0.15) is 5.01 Å². The number of nitrogens with one attached hydrogen (secondary N) is 1. The van der Waals surface area contributed by atoms with E-state index in [9.17, 15) is 4.79 Å². The number of carbonyl (C=O) groups is 1. The second kappa shape index (κ2) is 5.63. The molecule has 1 heterocycles. The largest absolute Gasteiger partial charge is 0.348 e. The van der Waals surface area contributed by atoms with E-state index in [0.717, 1.165) is 10.7 Å². The van der Waals surface area contributed by atoms with E-state index in [2.05, 4.69) is 16.9 Å². The van der Waals surface area contributed by atoms with Crippen LogP contribution in [-0.2, 0) is 11.3 Å². The summed E-state index contributed by atoms with van der Waals surface area (Å²) in [4.78, 5) is 15.6. The molecule has 1 aromatic rings. The lowest BCUT2D eigenvalue weighted by molar-refractivity contribution is -0.122. The fourth-order valence-electron chi connectivity index (χ4n) is 1.06. The minimum Gasteiger partial charge on any atom is -0.348 e. The number of carbonyl (C=O) groups excluding carboxylic acids is 1. The topological polar surface area (TPSA) is 68.0 Å². The van der Waals surface area contributed by atoms with Crippen LogP contribution in [0.4, 0.5) is 0 Å². The summed E-state index contributed by atoms with van der Waals surface area (Å²) in [6.07, 6.45) is 2.13. The summed E-state index contributed by atoms with van der Waals surface area (Å²) < 4.78 is 0. The Kier molecular flexibility index (Phi) is 4.45. The predicted octanol–water partition coefficient (Wildman–Crippen LogP) is 0.971. The smallest absolute Gasteiger partial charge is 0.237 e. The van der Waals surface area contributed by atoms with Crippen molar-refractivity contribution in [3.8, 4) is 0 Å². The molecule has 4 nitrogen and oxygen atoms in total. The molecule has 1 rings (SSSR count). The van der Waals surface area contributed by atoms with E-state index in [4.69, 9.17) is 5.73 Å². The molecular formula is C10H15N3OS. The van der Waals surface area contributed by atoms with Gasteiger partial charge in [-0.2, -0.15) is 0 Å². The Hall–Kier alpha value is -1.20. The Morgan fingerprint density at radius 3 is 3.13 bits per heavy atom. The first-order valence-corrected chi connectivity index (χ1v) is 5.56. The highest BCUT2D eigenvalue weighted by atomic mass is 32.1. The highest BCUT2D eigenvalue weighted by Crippen LogP contribution is 2.07. The van der Waals surface area contributed by atoms with Crippen LogP contribution in [0.25, 0.3) is 0 Å². The molecule has 0 saturated heterocycles. The van der Waals surface area contributed by atoms with E-state index in [1.807, 2.05) is 12.3 Å². The molecule has 0 aliphatic heterocycles. The van der Waals surface area contributed by atoms with Gasteiger partial charge in [-0.15, -0.1) is 17.9 Å². The number of thiazole rings is 1. The maximum atomic E-state index is 11.4. The van der Waals surface area contributed by atoms with Gasteiger partial charge in [-0.05, 0) is 13.3 Å². The van der Waals surface area contributed by atoms with Crippen molar-refractivity contribution < 1.29 is 4.79 Å². The first kappa shape index (κ1) is 11.9. The first-order chi connectivity index (χ1) is 7.13. The molecular weight excluding hydrogens is 210 g/mol. The van der Waals surface area contributed by atoms with E-state index in [1.165, 1.54) is 11.3 Å². The highest BCUT2D eigenvalue weighted by Gasteiger charge is 2.11. The molecule has 1 aromatic heterocycles. The second-order valence-corrected chi connectivity index (χ2v) is 4.17. The van der Waals surface area contributed by atoms with Gasteiger partial charge in [-0.25, -0.2) is 4.98 Å². The van der Waals surface area contributed by atoms with Crippen LogP contribution in [0.15, 0.2) is 18.0 Å². The number of amides is 1. The van der Waals surface area contributed by atoms with Gasteiger partial charge >= 0.3 is 0 Å². The van der Waals surface area contributed by atoms with E-state index < -0.39 is 6.04 Å². The van der Waals surface area contributed by atoms with Gasteiger partial charge in [0.15, 0.2) is 0 Å². The number of aromatic nitrogens is 1. The van der Waals surface area contributed by atoms with Crippen LogP contribution in [0.3, 0.4) is 0 Å². The fraction of sp³-hybridized carbons (Fsp3) is 0.400. The summed E-state index contributed by atoms with van der Waals surface area (Å²) in [5.74, 6) is -0.164. The Morgan fingerprint density at radius 2 is 2.60 bits per heavy atom. The lowest BCUT2D eigenvalue weighted by atomic mass is 10.2. The number of nitrogens with two attached hydrogens (primary N) is 1. The van der Waals surface area contributed by atoms with E-state index in [-0.39, 0.29) is 5.91 Å². The van der Waals surface area contributed by atoms with Crippen LogP contribution in [0, 0.1) is 6.92 Å². The Labute approximate surface area is 93.2 Å². The summed E-state index contributed by atoms with van der Waals surface area (Å²) in [7, 11) is 0. The second-order valence-electron chi connectivity index (χ2n) is 3.23. The molecule has 0 aliphatic rings. The fourth-order valence-corrected chi connectivity index (χ4v) is 1.78. The van der Waals surface area contributed by atoms with Crippen molar-refractivity contribution in [2.24, 2.45) is 5.73 Å². The van der Waals surface area contributed by atoms with E-state index >= 15 is 0 Å². The van der Waals surface area contributed by atoms with Gasteiger partial charge in [0.2, 0.25) is 5.91 Å². The van der Waals surface area contributed by atoms with Crippen molar-refractivity contribution in [2.75, 3.05) is 0 Å². The molecule has 0 bridgehead atoms. The van der Waals surface area contributed by atoms with Crippen molar-refractivity contribution in [1.82, 2.24) is 10.3 Å². The zero-order chi connectivity index (χ0) is 11.3. The number of hydrogen-bond donors (Lipinski definition) is 2. The Bertz CT molecular complexity index is 348. The summed E-state index contributed by atoms with van der Waals surface area (Å²) in [5, 5.41) is 5.58. The molecule has 1 unspecified atom stereocenters. The molecule has 0 fully saturated rings. The molecule has 0 radical (unpaired) electrons. The standard InChI is InChI=1S/C10H15N3OS/c1-3-4-8(11)10(14)12-5-9-13-7(2)6-15-9/h3,6,8H,1,4-5,11H2,2H3,(H,12,14). The summed E-state index contributed by atoms with van der Waals surface area (Å²) in [6, 6.07) is -0.511. The van der Waals surface area contributed by atoms with E-state index in [1.54, 1.807) is 6.08 Å². The number of rotatable bonds is 5. The highest BCUT2D eigenvalue weighted by molar-refractivity contribution is 7.09. The number of nitrogens with zero attached hydrogens (tertiary/aromatic N) is 1. The van der Waals surface area contributed by atoms with Crippen LogP contribution >= 0.6 is 11.3 Å². The molecule has 1 atom stereocenters. The van der Waals surface area contributed by atoms with Crippen LogP contribution in [-0.4, -0.2) is 16.9 Å². The third kappa shape index (κ3) is 3.81. The lowest BCUT2D eigenvalue weighted by Gasteiger charge is -2.08. The third-order valence-corrected chi connectivity index (χ3v) is 2.80. The summed E-state index contributed by atoms with van der Waals surface area (Å²) >= 11 is 1.53. The van der Waals surface area contributed by atoms with Crippen LogP contribution in [0.2, 0.25) is 0 Å². The third-order valence-electron chi connectivity index (χ3n) is 1.84. The normalized spacial score (nSPS) is 12.1. The molecule has 3 N–H and O–H groups in total. The Morgan fingerprint density at radius 1 is 1.87 bits per heavy atom. The molecule has 5 heteroatoms. The van der Waals surface area contributed by atoms with Gasteiger partial charge in [0.25, 0.3) is 0 Å². The quantitative estimate of drug-likeness (QED) is 0.734. The average Bonchev–Trinajstić information content (AvgIpc) is 2.61. The number of hydrogen-bond acceptors (Lipinski definition) is 4. The zero-order valence-corrected chi connectivity index (χ0v) is 9.51. The van der Waals surface area contributed by atoms with E-state index in [0.29, 0.717) is 13.0 Å². The maximum absolute atomic E-state index is 11.4. The van der Waals surface area contributed by atoms with Crippen molar-refractivity contribution in [3.05, 3.63) is 28.7 Å². The summed E-state index contributed by atoms with van der Waals surface area (Å²) in [5.41, 5.74) is 6.57. The molecule has 1 amide bonds. The van der Waals surface area contributed by atoms with Crippen LogP contribution in [0.5, 0.6) is 0 Å². The monoisotopic (exact) mass is 225 g/mol. The van der Waals surface area contributed by atoms with Crippen LogP contribution in [0.1, 0.15) is 17.1 Å². The minimum absolute atomic E-state index is 0.164. The number of aryl methyl sites for hydroxylation is 1. The molecule has 0 aromatic carbocycles. The first-order valence-electron chi connectivity index (χ1n) is 4.68. The summed E-state index contributed by atoms with van der Waals surface area (Å²) in [6.45, 7) is 5.90. The van der Waals surface area contributed by atoms with Gasteiger partial charge in [-0.3, -0.25) is 4.79 Å². The van der Waals surface area contributed by atoms with Gasteiger partial charge < -0.3 is 11.1 Å². The SMILES string of the molecule is C=CCC(N)C(=O)NCc1nc(C)cs1. The predicted molar refractivity (Wildman–Crippen MR) is 61.5 cm³/mol. The van der Waals surface area contributed by atoms with Gasteiger partial charge in [0, 0.05) is 11.1 Å². The van der Waals surface area contributed by atoms with Crippen molar-refractivity contribution in [3.63, 3.8) is 0 Å². The van der Waals surface area contributed by atoms with Crippen molar-refractivity contribution >= 4 is 17.2 Å². The van der Waals surface area contributed by atoms with Crippen molar-refractivity contribution in [2.45, 2.75) is 25.9 Å².